The van der Waals surface area contributed by atoms with E-state index in [2.05, 4.69) is 27.2 Å². The van der Waals surface area contributed by atoms with Crippen LogP contribution in [0.1, 0.15) is 43.7 Å². The van der Waals surface area contributed by atoms with E-state index in [4.69, 9.17) is 6.85 Å². The summed E-state index contributed by atoms with van der Waals surface area (Å²) in [6.45, 7) is 7.38. The lowest BCUT2D eigenvalue weighted by Gasteiger charge is -2.25. The number of nitrogens with one attached hydrogen (secondary N) is 3. The fourth-order valence-electron chi connectivity index (χ4n) is 2.36. The molecule has 1 aliphatic rings. The highest BCUT2D eigenvalue weighted by Gasteiger charge is 2.31. The van der Waals surface area contributed by atoms with E-state index in [1.807, 2.05) is 13.8 Å². The van der Waals surface area contributed by atoms with Crippen molar-refractivity contribution in [1.29, 1.82) is 0 Å². The van der Waals surface area contributed by atoms with Crippen LogP contribution in [0.4, 0.5) is 4.39 Å². The van der Waals surface area contributed by atoms with Gasteiger partial charge < -0.3 is 15.6 Å². The van der Waals surface area contributed by atoms with Crippen LogP contribution in [0.15, 0.2) is 48.8 Å². The predicted octanol–water partition coefficient (Wildman–Crippen LogP) is 2.34. The van der Waals surface area contributed by atoms with E-state index in [1.165, 1.54) is 6.33 Å². The van der Waals surface area contributed by atoms with E-state index in [-0.39, 0.29) is 11.7 Å². The van der Waals surface area contributed by atoms with Gasteiger partial charge in [-0.3, -0.25) is 9.59 Å². The maximum Gasteiger partial charge on any atom is 0.268 e. The number of hydrogen-bond donors (Lipinski definition) is 3. The normalized spacial score (nSPS) is 22.3. The van der Waals surface area contributed by atoms with Crippen molar-refractivity contribution < 1.29 is 20.8 Å². The van der Waals surface area contributed by atoms with Crippen molar-refractivity contribution in [3.05, 3.63) is 71.6 Å². The summed E-state index contributed by atoms with van der Waals surface area (Å²) in [6.07, 6.45) is 2.98. The van der Waals surface area contributed by atoms with E-state index in [0.717, 1.165) is 0 Å². The molecule has 1 aromatic carbocycles. The topological polar surface area (TPSA) is 86.9 Å². The summed E-state index contributed by atoms with van der Waals surface area (Å²) in [4.78, 5) is 32.4. The number of piperazine rings is 1. The van der Waals surface area contributed by atoms with Gasteiger partial charge >= 0.3 is 0 Å². The summed E-state index contributed by atoms with van der Waals surface area (Å²) >= 11 is 0. The zero-order valence-electron chi connectivity index (χ0n) is 19.1. The molecular formula is C19H19FN4O2. The van der Waals surface area contributed by atoms with Crippen molar-refractivity contribution in [2.24, 2.45) is 0 Å². The van der Waals surface area contributed by atoms with E-state index in [9.17, 15) is 14.0 Å². The molecule has 0 saturated carbocycles. The Morgan fingerprint density at radius 3 is 2.69 bits per heavy atom. The number of hydrogen-bond acceptors (Lipinski definition) is 3. The number of aromatic nitrogens is 2. The van der Waals surface area contributed by atoms with Gasteiger partial charge in [0.05, 0.1) is 24.6 Å². The fourth-order valence-corrected chi connectivity index (χ4v) is 2.36. The maximum atomic E-state index is 13.8. The Bertz CT molecular complexity index is 1130. The first-order chi connectivity index (χ1) is 14.4. The lowest BCUT2D eigenvalue weighted by Crippen LogP contribution is -2.49. The Morgan fingerprint density at radius 2 is 2.04 bits per heavy atom. The smallest absolute Gasteiger partial charge is 0.268 e. The molecular weight excluding hydrogens is 335 g/mol. The van der Waals surface area contributed by atoms with Crippen LogP contribution in [0.2, 0.25) is 0 Å². The molecule has 134 valence electrons. The average Bonchev–Trinajstić information content (AvgIpc) is 3.23. The summed E-state index contributed by atoms with van der Waals surface area (Å²) in [5.41, 5.74) is -0.852. The second-order valence-corrected chi connectivity index (χ2v) is 6.18. The summed E-state index contributed by atoms with van der Waals surface area (Å²) in [5, 5.41) is 4.57. The van der Waals surface area contributed by atoms with E-state index >= 15 is 0 Å². The van der Waals surface area contributed by atoms with Crippen molar-refractivity contribution in [3.63, 3.8) is 0 Å². The number of rotatable bonds is 4. The predicted molar refractivity (Wildman–Crippen MR) is 95.2 cm³/mol. The minimum atomic E-state index is -1.60. The third-order valence-corrected chi connectivity index (χ3v) is 3.95. The van der Waals surface area contributed by atoms with E-state index < -0.39 is 64.5 Å². The van der Waals surface area contributed by atoms with Crippen molar-refractivity contribution in [1.82, 2.24) is 20.6 Å². The molecule has 1 aromatic heterocycles. The van der Waals surface area contributed by atoms with Gasteiger partial charge in [0.25, 0.3) is 11.8 Å². The van der Waals surface area contributed by atoms with Crippen LogP contribution in [0.5, 0.6) is 0 Å². The van der Waals surface area contributed by atoms with Gasteiger partial charge in [-0.25, -0.2) is 9.37 Å². The minimum Gasteiger partial charge on any atom is -0.347 e. The van der Waals surface area contributed by atoms with Crippen LogP contribution in [0.25, 0.3) is 6.05 Å². The van der Waals surface area contributed by atoms with Crippen molar-refractivity contribution in [3.8, 4) is 0 Å². The van der Waals surface area contributed by atoms with Crippen LogP contribution in [0.3, 0.4) is 0 Å². The maximum absolute atomic E-state index is 13.8. The third-order valence-electron chi connectivity index (χ3n) is 3.95. The number of benzene rings is 1. The van der Waals surface area contributed by atoms with E-state index in [1.54, 1.807) is 6.08 Å². The van der Waals surface area contributed by atoms with Crippen molar-refractivity contribution in [2.75, 3.05) is 0 Å². The number of H-pyrrole nitrogens is 1. The molecule has 2 heterocycles. The number of aromatic amines is 1. The molecule has 1 aliphatic heterocycles. The first-order valence-corrected chi connectivity index (χ1v) is 7.68. The zero-order chi connectivity index (χ0) is 23.2. The first-order valence-electron chi connectivity index (χ1n) is 10.2. The Morgan fingerprint density at radius 1 is 1.35 bits per heavy atom. The molecule has 7 heteroatoms. The van der Waals surface area contributed by atoms with Crippen molar-refractivity contribution >= 4 is 17.9 Å². The third kappa shape index (κ3) is 3.28. The van der Waals surface area contributed by atoms with Crippen LogP contribution in [-0.4, -0.2) is 21.8 Å². The molecule has 3 N–H and O–H groups in total. The van der Waals surface area contributed by atoms with Gasteiger partial charge in [-0.1, -0.05) is 32.0 Å². The number of halogens is 1. The Labute approximate surface area is 157 Å². The number of imidazole rings is 1. The monoisotopic (exact) mass is 359 g/mol. The molecule has 26 heavy (non-hydrogen) atoms. The largest absolute Gasteiger partial charge is 0.347 e. The molecule has 2 amide bonds. The quantitative estimate of drug-likeness (QED) is 0.578. The number of carbonyl (C=O) groups excluding carboxylic acids is 2. The standard InChI is InChI=1S/C19H19FN4O2/c1-4-19(2,3)16-13(21-10-22-16)9-14-17(25)24-15(18(26)23-14)11-5-7-12(20)8-6-11/h4-10,15H,1H2,2-3H3,(H,21,22)(H,23,26)(H,24,25)/b14-9-/i5D,6D,7D,8D,9D. The van der Waals surface area contributed by atoms with Crippen molar-refractivity contribution in [2.45, 2.75) is 25.3 Å². The van der Waals surface area contributed by atoms with Crippen LogP contribution < -0.4 is 10.6 Å². The van der Waals surface area contributed by atoms with Gasteiger partial charge in [0.2, 0.25) is 0 Å². The number of carbonyl (C=O) groups is 2. The Balaban J connectivity index is 2.05. The van der Waals surface area contributed by atoms with Gasteiger partial charge in [-0.05, 0) is 23.7 Å². The van der Waals surface area contributed by atoms with Crippen LogP contribution >= 0.6 is 0 Å². The van der Waals surface area contributed by atoms with E-state index in [0.29, 0.717) is 5.69 Å². The highest BCUT2D eigenvalue weighted by Crippen LogP contribution is 2.26. The number of amides is 2. The number of nitrogens with zero attached hydrogens (tertiary/aromatic N) is 1. The van der Waals surface area contributed by atoms with Crippen LogP contribution in [0, 0.1) is 5.82 Å². The molecule has 0 radical (unpaired) electrons. The molecule has 6 nitrogen and oxygen atoms in total. The molecule has 0 bridgehead atoms. The lowest BCUT2D eigenvalue weighted by atomic mass is 9.88. The molecule has 0 aliphatic carbocycles. The highest BCUT2D eigenvalue weighted by molar-refractivity contribution is 6.07. The van der Waals surface area contributed by atoms with Gasteiger partial charge in [0, 0.05) is 5.41 Å². The second kappa shape index (κ2) is 6.59. The van der Waals surface area contributed by atoms with Gasteiger partial charge in [-0.15, -0.1) is 6.58 Å². The zero-order valence-corrected chi connectivity index (χ0v) is 14.1. The average molecular weight is 359 g/mol. The minimum absolute atomic E-state index is 0.125. The molecule has 1 saturated heterocycles. The summed E-state index contributed by atoms with van der Waals surface area (Å²) in [7, 11) is 0. The highest BCUT2D eigenvalue weighted by atomic mass is 19.1. The first kappa shape index (κ1) is 12.2. The SMILES string of the molecule is [2H]/C(=C1/NC(=O)C(c2c([2H])c([2H])c(F)c([2H])c2[2H])NC1=O)c1nc[nH]c1C(C)(C)C=C. The van der Waals surface area contributed by atoms with Gasteiger partial charge in [0.15, 0.2) is 0 Å². The number of allylic oxidation sites excluding steroid dienone is 1. The molecule has 1 atom stereocenters. The summed E-state index contributed by atoms with van der Waals surface area (Å²) in [5.74, 6) is -3.14. The Hall–Kier alpha value is -3.22. The van der Waals surface area contributed by atoms with Gasteiger partial charge in [-0.2, -0.15) is 0 Å². The molecule has 3 rings (SSSR count). The second-order valence-electron chi connectivity index (χ2n) is 6.18. The lowest BCUT2D eigenvalue weighted by molar-refractivity contribution is -0.131. The molecule has 2 aromatic rings. The molecule has 1 unspecified atom stereocenters. The summed E-state index contributed by atoms with van der Waals surface area (Å²) in [6, 6.07) is -5.42. The summed E-state index contributed by atoms with van der Waals surface area (Å²) < 4.78 is 53.2. The van der Waals surface area contributed by atoms with Gasteiger partial charge in [0.1, 0.15) is 17.6 Å². The molecule has 0 spiro atoms. The molecule has 1 fully saturated rings. The fraction of sp³-hybridized carbons (Fsp3) is 0.211. The Kier molecular flexibility index (Phi) is 3.09. The van der Waals surface area contributed by atoms with Crippen LogP contribution in [-0.2, 0) is 15.0 Å².